The van der Waals surface area contributed by atoms with E-state index in [1.165, 1.54) is 17.7 Å². The van der Waals surface area contributed by atoms with Crippen LogP contribution in [0.25, 0.3) is 0 Å². The number of ether oxygens (including phenoxy) is 2. The molecule has 160 valence electrons. The van der Waals surface area contributed by atoms with Crippen LogP contribution in [-0.4, -0.2) is 6.10 Å². The van der Waals surface area contributed by atoms with Gasteiger partial charge in [-0.3, -0.25) is 0 Å². The fraction of sp³-hybridized carbons (Fsp3) is 0.286. The largest absolute Gasteiger partial charge is 0.491 e. The molecule has 31 heavy (non-hydrogen) atoms. The average molecular weight is 417 g/mol. The Morgan fingerprint density at radius 3 is 2.26 bits per heavy atom. The number of terminal acetylenes is 1. The van der Waals surface area contributed by atoms with Crippen molar-refractivity contribution in [3.63, 3.8) is 0 Å². The predicted octanol–water partition coefficient (Wildman–Crippen LogP) is 7.32. The minimum Gasteiger partial charge on any atom is -0.491 e. The van der Waals surface area contributed by atoms with E-state index >= 15 is 0 Å². The summed E-state index contributed by atoms with van der Waals surface area (Å²) in [5.74, 6) is 4.93. The third-order valence-corrected chi connectivity index (χ3v) is 5.27. The molecule has 0 saturated heterocycles. The lowest BCUT2D eigenvalue weighted by atomic mass is 9.78. The molecule has 1 atom stereocenters. The van der Waals surface area contributed by atoms with E-state index in [-0.39, 0.29) is 17.3 Å². The Bertz CT molecular complexity index is 1020. The standard InChI is InChI=1S/C28H29FO2/c1-5-28(4,23-11-15-25(16-12-23)30-21(2)3)19-7-9-22-8-6-10-27(20-22)31-26-17-13-24(29)14-18-26/h1,6,8,10-18,20-21H,7,9,19H2,2-4H3. The summed E-state index contributed by atoms with van der Waals surface area (Å²) in [6, 6.07) is 22.1. The van der Waals surface area contributed by atoms with Crippen molar-refractivity contribution in [2.24, 2.45) is 0 Å². The fourth-order valence-electron chi connectivity index (χ4n) is 3.52. The second kappa shape index (κ2) is 10.2. The van der Waals surface area contributed by atoms with E-state index in [2.05, 4.69) is 31.0 Å². The summed E-state index contributed by atoms with van der Waals surface area (Å²) in [5, 5.41) is 0. The molecule has 0 N–H and O–H groups in total. The Morgan fingerprint density at radius 1 is 0.935 bits per heavy atom. The molecule has 0 bridgehead atoms. The molecule has 0 heterocycles. The summed E-state index contributed by atoms with van der Waals surface area (Å²) in [4.78, 5) is 0. The lowest BCUT2D eigenvalue weighted by Gasteiger charge is -2.24. The Kier molecular flexibility index (Phi) is 7.36. The van der Waals surface area contributed by atoms with Crippen molar-refractivity contribution in [3.8, 4) is 29.6 Å². The summed E-state index contributed by atoms with van der Waals surface area (Å²) in [7, 11) is 0. The maximum absolute atomic E-state index is 13.1. The molecule has 0 spiro atoms. The van der Waals surface area contributed by atoms with Gasteiger partial charge in [-0.2, -0.15) is 0 Å². The highest BCUT2D eigenvalue weighted by Crippen LogP contribution is 2.31. The van der Waals surface area contributed by atoms with E-state index < -0.39 is 0 Å². The van der Waals surface area contributed by atoms with Crippen molar-refractivity contribution in [1.29, 1.82) is 0 Å². The SMILES string of the molecule is C#CC(C)(CCCc1cccc(Oc2ccc(F)cc2)c1)c1ccc(OC(C)C)cc1. The first-order chi connectivity index (χ1) is 14.9. The lowest BCUT2D eigenvalue weighted by molar-refractivity contribution is 0.242. The van der Waals surface area contributed by atoms with Crippen molar-refractivity contribution in [2.75, 3.05) is 0 Å². The van der Waals surface area contributed by atoms with Gasteiger partial charge in [0.15, 0.2) is 0 Å². The summed E-state index contributed by atoms with van der Waals surface area (Å²) >= 11 is 0. The first-order valence-corrected chi connectivity index (χ1v) is 10.7. The van der Waals surface area contributed by atoms with Crippen LogP contribution < -0.4 is 9.47 Å². The van der Waals surface area contributed by atoms with Crippen molar-refractivity contribution < 1.29 is 13.9 Å². The van der Waals surface area contributed by atoms with E-state index in [9.17, 15) is 4.39 Å². The van der Waals surface area contributed by atoms with E-state index in [4.69, 9.17) is 15.9 Å². The topological polar surface area (TPSA) is 18.5 Å². The molecule has 3 aromatic rings. The van der Waals surface area contributed by atoms with Gasteiger partial charge in [0.2, 0.25) is 0 Å². The molecule has 0 radical (unpaired) electrons. The summed E-state index contributed by atoms with van der Waals surface area (Å²) in [6.07, 6.45) is 8.79. The minimum atomic E-state index is -0.335. The maximum Gasteiger partial charge on any atom is 0.127 e. The quantitative estimate of drug-likeness (QED) is 0.340. The van der Waals surface area contributed by atoms with Crippen molar-refractivity contribution in [2.45, 2.75) is 51.6 Å². The summed E-state index contributed by atoms with van der Waals surface area (Å²) in [5.41, 5.74) is 1.97. The third kappa shape index (κ3) is 6.36. The van der Waals surface area contributed by atoms with Gasteiger partial charge in [0.1, 0.15) is 23.1 Å². The molecular weight excluding hydrogens is 387 g/mol. The molecule has 3 rings (SSSR count). The van der Waals surface area contributed by atoms with Gasteiger partial charge >= 0.3 is 0 Å². The Morgan fingerprint density at radius 2 is 1.61 bits per heavy atom. The zero-order valence-electron chi connectivity index (χ0n) is 18.4. The highest BCUT2D eigenvalue weighted by molar-refractivity contribution is 5.38. The molecule has 2 nitrogen and oxygen atoms in total. The lowest BCUT2D eigenvalue weighted by Crippen LogP contribution is -2.19. The van der Waals surface area contributed by atoms with Crippen LogP contribution in [0.15, 0.2) is 72.8 Å². The zero-order valence-corrected chi connectivity index (χ0v) is 18.4. The van der Waals surface area contributed by atoms with Crippen LogP contribution in [0, 0.1) is 18.2 Å². The van der Waals surface area contributed by atoms with Gasteiger partial charge in [-0.25, -0.2) is 4.39 Å². The Labute approximate surface area is 185 Å². The van der Waals surface area contributed by atoms with Crippen LogP contribution in [0.2, 0.25) is 0 Å². The Balaban J connectivity index is 1.60. The highest BCUT2D eigenvalue weighted by atomic mass is 19.1. The van der Waals surface area contributed by atoms with Gasteiger partial charge in [0.05, 0.1) is 11.5 Å². The maximum atomic E-state index is 13.1. The molecular formula is C28H29FO2. The third-order valence-electron chi connectivity index (χ3n) is 5.27. The second-order valence-corrected chi connectivity index (χ2v) is 8.22. The average Bonchev–Trinajstić information content (AvgIpc) is 2.75. The van der Waals surface area contributed by atoms with Gasteiger partial charge in [0, 0.05) is 0 Å². The summed E-state index contributed by atoms with van der Waals surface area (Å²) in [6.45, 7) is 6.14. The van der Waals surface area contributed by atoms with Crippen molar-refractivity contribution in [1.82, 2.24) is 0 Å². The molecule has 0 aromatic heterocycles. The zero-order chi connectivity index (χ0) is 22.3. The fourth-order valence-corrected chi connectivity index (χ4v) is 3.52. The number of aryl methyl sites for hydroxylation is 1. The highest BCUT2D eigenvalue weighted by Gasteiger charge is 2.23. The minimum absolute atomic E-state index is 0.146. The van der Waals surface area contributed by atoms with E-state index in [1.54, 1.807) is 12.1 Å². The van der Waals surface area contributed by atoms with Gasteiger partial charge < -0.3 is 9.47 Å². The van der Waals surface area contributed by atoms with Crippen LogP contribution in [0.1, 0.15) is 44.7 Å². The van der Waals surface area contributed by atoms with Gasteiger partial charge in [0.25, 0.3) is 0 Å². The number of hydrogen-bond acceptors (Lipinski definition) is 2. The first-order valence-electron chi connectivity index (χ1n) is 10.7. The number of hydrogen-bond donors (Lipinski definition) is 0. The summed E-state index contributed by atoms with van der Waals surface area (Å²) < 4.78 is 24.6. The van der Waals surface area contributed by atoms with Gasteiger partial charge in [-0.1, -0.05) is 30.2 Å². The second-order valence-electron chi connectivity index (χ2n) is 8.22. The monoisotopic (exact) mass is 416 g/mol. The number of halogens is 1. The van der Waals surface area contributed by atoms with Crippen LogP contribution in [0.3, 0.4) is 0 Å². The van der Waals surface area contributed by atoms with Crippen molar-refractivity contribution >= 4 is 0 Å². The van der Waals surface area contributed by atoms with Gasteiger partial charge in [-0.15, -0.1) is 6.42 Å². The molecule has 3 heteroatoms. The molecule has 0 aliphatic rings. The molecule has 1 unspecified atom stereocenters. The molecule has 0 aliphatic carbocycles. The predicted molar refractivity (Wildman–Crippen MR) is 124 cm³/mol. The first kappa shape index (κ1) is 22.4. The van der Waals surface area contributed by atoms with E-state index in [0.717, 1.165) is 36.3 Å². The molecule has 0 fully saturated rings. The normalized spacial score (nSPS) is 12.8. The van der Waals surface area contributed by atoms with E-state index in [1.807, 2.05) is 44.2 Å². The molecule has 0 aliphatic heterocycles. The molecule has 0 saturated carbocycles. The molecule has 0 amide bonds. The van der Waals surface area contributed by atoms with Crippen LogP contribution in [0.5, 0.6) is 17.2 Å². The number of rotatable bonds is 9. The smallest absolute Gasteiger partial charge is 0.127 e. The van der Waals surface area contributed by atoms with Gasteiger partial charge in [-0.05, 0) is 99.7 Å². The number of benzene rings is 3. The van der Waals surface area contributed by atoms with Crippen molar-refractivity contribution in [3.05, 3.63) is 89.7 Å². The van der Waals surface area contributed by atoms with Crippen LogP contribution >= 0.6 is 0 Å². The van der Waals surface area contributed by atoms with Crippen LogP contribution in [-0.2, 0) is 11.8 Å². The Hall–Kier alpha value is -3.25. The van der Waals surface area contributed by atoms with E-state index in [0.29, 0.717) is 5.75 Å². The molecule has 3 aromatic carbocycles. The van der Waals surface area contributed by atoms with Crippen LogP contribution in [0.4, 0.5) is 4.39 Å².